The van der Waals surface area contributed by atoms with Crippen LogP contribution < -0.4 is 10.3 Å². The molecule has 0 aliphatic rings. The predicted molar refractivity (Wildman–Crippen MR) is 142 cm³/mol. The largest absolute Gasteiger partial charge is 0.403 e. The van der Waals surface area contributed by atoms with Gasteiger partial charge in [-0.05, 0) is 42.8 Å². The molecule has 0 amide bonds. The second kappa shape index (κ2) is 10.7. The van der Waals surface area contributed by atoms with Crippen LogP contribution in [0.3, 0.4) is 0 Å². The number of carbonyl (C=O) groups is 2. The summed E-state index contributed by atoms with van der Waals surface area (Å²) in [7, 11) is 0. The van der Waals surface area contributed by atoms with Crippen LogP contribution >= 0.6 is 0 Å². The summed E-state index contributed by atoms with van der Waals surface area (Å²) in [4.78, 5) is 50.2. The molecule has 0 fully saturated rings. The number of benzene rings is 3. The minimum absolute atomic E-state index is 0.0184. The Morgan fingerprint density at radius 3 is 1.87 bits per heavy atom. The van der Waals surface area contributed by atoms with Crippen LogP contribution in [0.25, 0.3) is 11.4 Å². The van der Waals surface area contributed by atoms with E-state index in [1.54, 1.807) is 48.5 Å². The van der Waals surface area contributed by atoms with Gasteiger partial charge in [0.1, 0.15) is 5.78 Å². The Labute approximate surface area is 219 Å². The SMILES string of the molecule is CC(C)(C)C(=O)CCc1c(OC(=O)c2ccc([N+](=O)[O-])cc2)n(-c2ccccc2)n(-c2ccccc2)c1=O. The number of nitro groups is 1. The van der Waals surface area contributed by atoms with Crippen LogP contribution in [0, 0.1) is 15.5 Å². The normalized spacial score (nSPS) is 11.2. The quantitative estimate of drug-likeness (QED) is 0.179. The maximum absolute atomic E-state index is 13.8. The highest BCUT2D eigenvalue weighted by molar-refractivity contribution is 5.91. The van der Waals surface area contributed by atoms with Crippen molar-refractivity contribution in [3.05, 3.63) is 117 Å². The highest BCUT2D eigenvalue weighted by atomic mass is 16.6. The van der Waals surface area contributed by atoms with E-state index in [0.29, 0.717) is 11.4 Å². The number of aromatic nitrogens is 2. The first kappa shape index (κ1) is 26.3. The van der Waals surface area contributed by atoms with Gasteiger partial charge in [0.25, 0.3) is 11.2 Å². The van der Waals surface area contributed by atoms with Crippen molar-refractivity contribution in [1.82, 2.24) is 9.36 Å². The molecule has 0 saturated carbocycles. The standard InChI is InChI=1S/C29H27N3O6/c1-29(2,3)25(33)19-18-24-26(34)30(21-10-6-4-7-11-21)31(22-12-8-5-9-13-22)27(24)38-28(35)20-14-16-23(17-15-20)32(36)37/h4-17H,18-19H2,1-3H3. The van der Waals surface area contributed by atoms with Crippen molar-refractivity contribution in [2.75, 3.05) is 0 Å². The molecule has 0 saturated heterocycles. The van der Waals surface area contributed by atoms with E-state index in [1.807, 2.05) is 32.9 Å². The molecule has 0 atom stereocenters. The molecule has 0 aliphatic carbocycles. The van der Waals surface area contributed by atoms with Crippen molar-refractivity contribution in [1.29, 1.82) is 0 Å². The van der Waals surface area contributed by atoms with E-state index in [1.165, 1.54) is 33.6 Å². The lowest BCUT2D eigenvalue weighted by atomic mass is 9.87. The summed E-state index contributed by atoms with van der Waals surface area (Å²) in [5, 5.41) is 11.0. The Hall–Kier alpha value is -4.79. The summed E-state index contributed by atoms with van der Waals surface area (Å²) >= 11 is 0. The fourth-order valence-corrected chi connectivity index (χ4v) is 3.93. The summed E-state index contributed by atoms with van der Waals surface area (Å²) in [6.45, 7) is 5.42. The molecule has 0 aliphatic heterocycles. The first-order chi connectivity index (χ1) is 18.1. The smallest absolute Gasteiger partial charge is 0.344 e. The second-order valence-electron chi connectivity index (χ2n) is 9.75. The lowest BCUT2D eigenvalue weighted by molar-refractivity contribution is -0.384. The number of nitro benzene ring substituents is 1. The number of ketones is 1. The van der Waals surface area contributed by atoms with E-state index in [0.717, 1.165) is 0 Å². The molecule has 0 bridgehead atoms. The topological polar surface area (TPSA) is 113 Å². The average Bonchev–Trinajstić information content (AvgIpc) is 3.18. The van der Waals surface area contributed by atoms with Crippen molar-refractivity contribution in [3.8, 4) is 17.3 Å². The van der Waals surface area contributed by atoms with E-state index in [4.69, 9.17) is 4.74 Å². The predicted octanol–water partition coefficient (Wildman–Crippen LogP) is 5.30. The summed E-state index contributed by atoms with van der Waals surface area (Å²) in [5.41, 5.74) is 0.163. The van der Waals surface area contributed by atoms with Gasteiger partial charge in [-0.15, -0.1) is 0 Å². The minimum Gasteiger partial charge on any atom is -0.403 e. The molecule has 4 rings (SSSR count). The highest BCUT2D eigenvalue weighted by Gasteiger charge is 2.28. The first-order valence-electron chi connectivity index (χ1n) is 12.1. The molecule has 1 aromatic heterocycles. The third kappa shape index (κ3) is 5.46. The van der Waals surface area contributed by atoms with Crippen LogP contribution in [0.2, 0.25) is 0 Å². The van der Waals surface area contributed by atoms with Crippen LogP contribution in [0.1, 0.15) is 43.1 Å². The zero-order chi connectivity index (χ0) is 27.4. The summed E-state index contributed by atoms with van der Waals surface area (Å²) in [6, 6.07) is 22.9. The number of rotatable bonds is 8. The zero-order valence-electron chi connectivity index (χ0n) is 21.3. The first-order valence-corrected chi connectivity index (χ1v) is 12.1. The fraction of sp³-hybridized carbons (Fsp3) is 0.207. The molecule has 1 heterocycles. The molecule has 0 unspecified atom stereocenters. The van der Waals surface area contributed by atoms with Gasteiger partial charge in [-0.2, -0.15) is 0 Å². The lowest BCUT2D eigenvalue weighted by Gasteiger charge is -2.16. The van der Waals surface area contributed by atoms with Crippen LogP contribution in [0.4, 0.5) is 5.69 Å². The number of carbonyl (C=O) groups excluding carboxylic acids is 2. The van der Waals surface area contributed by atoms with E-state index in [2.05, 4.69) is 0 Å². The van der Waals surface area contributed by atoms with E-state index in [9.17, 15) is 24.5 Å². The van der Waals surface area contributed by atoms with Crippen LogP contribution in [-0.2, 0) is 11.2 Å². The lowest BCUT2D eigenvalue weighted by Crippen LogP contribution is -2.23. The summed E-state index contributed by atoms with van der Waals surface area (Å²) < 4.78 is 8.76. The van der Waals surface area contributed by atoms with Gasteiger partial charge in [-0.25, -0.2) is 14.2 Å². The minimum atomic E-state index is -0.793. The van der Waals surface area contributed by atoms with Gasteiger partial charge in [-0.1, -0.05) is 57.2 Å². The zero-order valence-corrected chi connectivity index (χ0v) is 21.3. The molecular weight excluding hydrogens is 486 g/mol. The fourth-order valence-electron chi connectivity index (χ4n) is 3.93. The van der Waals surface area contributed by atoms with Crippen molar-refractivity contribution in [2.24, 2.45) is 5.41 Å². The van der Waals surface area contributed by atoms with E-state index >= 15 is 0 Å². The maximum Gasteiger partial charge on any atom is 0.344 e. The Balaban J connectivity index is 1.88. The molecule has 38 heavy (non-hydrogen) atoms. The number of para-hydroxylation sites is 2. The van der Waals surface area contributed by atoms with Gasteiger partial charge in [-0.3, -0.25) is 19.7 Å². The molecule has 0 radical (unpaired) electrons. The Morgan fingerprint density at radius 1 is 0.842 bits per heavy atom. The van der Waals surface area contributed by atoms with Crippen molar-refractivity contribution >= 4 is 17.4 Å². The number of hydrogen-bond donors (Lipinski definition) is 0. The van der Waals surface area contributed by atoms with Crippen LogP contribution in [0.15, 0.2) is 89.7 Å². The number of esters is 1. The van der Waals surface area contributed by atoms with Gasteiger partial charge in [0.15, 0.2) is 0 Å². The Bertz CT molecular complexity index is 1530. The Kier molecular flexibility index (Phi) is 7.38. The van der Waals surface area contributed by atoms with Crippen LogP contribution in [-0.4, -0.2) is 26.0 Å². The summed E-state index contributed by atoms with van der Waals surface area (Å²) in [5.74, 6) is -0.850. The molecule has 3 aromatic carbocycles. The van der Waals surface area contributed by atoms with E-state index < -0.39 is 21.9 Å². The number of nitrogens with zero attached hydrogens (tertiary/aromatic N) is 3. The van der Waals surface area contributed by atoms with Crippen molar-refractivity contribution in [2.45, 2.75) is 33.6 Å². The Morgan fingerprint density at radius 2 is 1.37 bits per heavy atom. The van der Waals surface area contributed by atoms with Gasteiger partial charge >= 0.3 is 5.97 Å². The highest BCUT2D eigenvalue weighted by Crippen LogP contribution is 2.28. The molecule has 0 N–H and O–H groups in total. The number of ether oxygens (including phenoxy) is 1. The molecule has 194 valence electrons. The van der Waals surface area contributed by atoms with Gasteiger partial charge in [0, 0.05) is 24.0 Å². The second-order valence-corrected chi connectivity index (χ2v) is 9.75. The van der Waals surface area contributed by atoms with Crippen molar-refractivity contribution < 1.29 is 19.2 Å². The van der Waals surface area contributed by atoms with Gasteiger partial charge < -0.3 is 4.74 Å². The molecule has 0 spiro atoms. The molecule has 9 nitrogen and oxygen atoms in total. The molecule has 4 aromatic rings. The van der Waals surface area contributed by atoms with Crippen LogP contribution in [0.5, 0.6) is 5.88 Å². The van der Waals surface area contributed by atoms with Crippen molar-refractivity contribution in [3.63, 3.8) is 0 Å². The van der Waals surface area contributed by atoms with Gasteiger partial charge in [0.2, 0.25) is 5.88 Å². The summed E-state index contributed by atoms with van der Waals surface area (Å²) in [6.07, 6.45) is 0.138. The number of hydrogen-bond acceptors (Lipinski definition) is 6. The average molecular weight is 514 g/mol. The molecule has 9 heteroatoms. The monoisotopic (exact) mass is 513 g/mol. The third-order valence-electron chi connectivity index (χ3n) is 6.04. The van der Waals surface area contributed by atoms with E-state index in [-0.39, 0.29) is 41.3 Å². The molecular formula is C29H27N3O6. The maximum atomic E-state index is 13.8. The van der Waals surface area contributed by atoms with Gasteiger partial charge in [0.05, 0.1) is 27.4 Å². The third-order valence-corrected chi connectivity index (χ3v) is 6.04. The number of Topliss-reactive ketones (excluding diaryl/α,β-unsaturated/α-hetero) is 1. The number of non-ortho nitro benzene ring substituents is 1.